The number of nitrogens with zero attached hydrogens (tertiary/aromatic N) is 5. The van der Waals surface area contributed by atoms with E-state index in [4.69, 9.17) is 9.78 Å². The fourth-order valence-corrected chi connectivity index (χ4v) is 3.22. The second kappa shape index (κ2) is 7.98. The van der Waals surface area contributed by atoms with Gasteiger partial charge in [-0.1, -0.05) is 5.16 Å². The Balaban J connectivity index is 1.46. The van der Waals surface area contributed by atoms with Crippen LogP contribution in [-0.2, 0) is 0 Å². The van der Waals surface area contributed by atoms with Crippen molar-refractivity contribution in [2.75, 3.05) is 31.1 Å². The average molecular weight is 429 g/mol. The number of hydrogen-bond acceptors (Lipinski definition) is 7. The Morgan fingerprint density at radius 2 is 1.77 bits per heavy atom. The molecule has 4 rings (SSSR count). The van der Waals surface area contributed by atoms with Crippen molar-refractivity contribution in [1.82, 2.24) is 15.0 Å². The van der Waals surface area contributed by atoms with Gasteiger partial charge in [0.1, 0.15) is 0 Å². The third kappa shape index (κ3) is 3.75. The summed E-state index contributed by atoms with van der Waals surface area (Å²) in [6.07, 6.45) is 0. The van der Waals surface area contributed by atoms with Crippen LogP contribution in [0.25, 0.3) is 11.5 Å². The molecule has 31 heavy (non-hydrogen) atoms. The fourth-order valence-electron chi connectivity index (χ4n) is 3.22. The van der Waals surface area contributed by atoms with Crippen LogP contribution in [0, 0.1) is 28.8 Å². The number of anilines is 1. The molecule has 0 radical (unpaired) electrons. The number of nitriles is 1. The molecule has 11 heteroatoms. The molecule has 1 aliphatic heterocycles. The molecule has 0 unspecified atom stereocenters. The van der Waals surface area contributed by atoms with Crippen LogP contribution in [0.2, 0.25) is 0 Å². The van der Waals surface area contributed by atoms with E-state index in [1.54, 1.807) is 12.1 Å². The normalized spacial score (nSPS) is 13.9. The molecule has 1 saturated heterocycles. The number of aromatic hydroxyl groups is 1. The molecule has 2 aromatic carbocycles. The number of hydrogen-bond donors (Lipinski definition) is 1. The first-order chi connectivity index (χ1) is 14.9. The van der Waals surface area contributed by atoms with Crippen molar-refractivity contribution in [2.24, 2.45) is 0 Å². The van der Waals surface area contributed by atoms with E-state index in [1.807, 2.05) is 17.0 Å². The summed E-state index contributed by atoms with van der Waals surface area (Å²) in [7, 11) is 0. The molecule has 1 fully saturated rings. The van der Waals surface area contributed by atoms with Gasteiger partial charge in [0, 0.05) is 31.9 Å². The van der Waals surface area contributed by atoms with Crippen LogP contribution in [0.1, 0.15) is 16.2 Å². The highest BCUT2D eigenvalue weighted by Gasteiger charge is 2.28. The number of amides is 1. The number of phenols is 1. The van der Waals surface area contributed by atoms with Crippen molar-refractivity contribution in [2.45, 2.75) is 0 Å². The molecule has 0 atom stereocenters. The lowest BCUT2D eigenvalue weighted by atomic mass is 10.2. The van der Waals surface area contributed by atoms with E-state index in [-0.39, 0.29) is 5.82 Å². The maximum absolute atomic E-state index is 14.0. The van der Waals surface area contributed by atoms with Gasteiger partial charge in [0.25, 0.3) is 17.6 Å². The molecule has 1 N–H and O–H groups in total. The van der Waals surface area contributed by atoms with E-state index in [2.05, 4.69) is 16.2 Å². The largest absolute Gasteiger partial charge is 0.503 e. The van der Waals surface area contributed by atoms with Crippen molar-refractivity contribution in [3.63, 3.8) is 0 Å². The number of piperazine rings is 1. The second-order valence-electron chi connectivity index (χ2n) is 6.74. The summed E-state index contributed by atoms with van der Waals surface area (Å²) in [6, 6.07) is 9.59. The zero-order valence-corrected chi connectivity index (χ0v) is 15.8. The molecule has 3 aromatic rings. The topological polar surface area (TPSA) is 106 Å². The Hall–Kier alpha value is -4.07. The third-order valence-corrected chi connectivity index (χ3v) is 4.91. The van der Waals surface area contributed by atoms with Gasteiger partial charge >= 0.3 is 0 Å². The van der Waals surface area contributed by atoms with E-state index >= 15 is 0 Å². The van der Waals surface area contributed by atoms with Crippen LogP contribution >= 0.6 is 0 Å². The summed E-state index contributed by atoms with van der Waals surface area (Å²) in [5.41, 5.74) is 0.811. The Bertz CT molecular complexity index is 1180. The lowest BCUT2D eigenvalue weighted by Crippen LogP contribution is -2.49. The van der Waals surface area contributed by atoms with Gasteiger partial charge in [0.15, 0.2) is 17.4 Å². The van der Waals surface area contributed by atoms with Crippen LogP contribution < -0.4 is 4.90 Å². The molecule has 0 saturated carbocycles. The molecular weight excluding hydrogens is 415 g/mol. The molecule has 2 heterocycles. The Kier molecular flexibility index (Phi) is 5.21. The maximum atomic E-state index is 14.0. The van der Waals surface area contributed by atoms with Crippen LogP contribution in [0.5, 0.6) is 5.75 Å². The third-order valence-electron chi connectivity index (χ3n) is 4.91. The summed E-state index contributed by atoms with van der Waals surface area (Å²) in [5.74, 6) is -7.73. The first kappa shape index (κ1) is 20.2. The Morgan fingerprint density at radius 3 is 2.42 bits per heavy atom. The highest BCUT2D eigenvalue weighted by atomic mass is 19.2. The van der Waals surface area contributed by atoms with E-state index in [9.17, 15) is 23.1 Å². The molecule has 1 amide bonds. The molecule has 8 nitrogen and oxygen atoms in total. The van der Waals surface area contributed by atoms with Crippen molar-refractivity contribution in [1.29, 1.82) is 5.26 Å². The number of carbonyl (C=O) groups is 1. The molecule has 0 aliphatic carbocycles. The van der Waals surface area contributed by atoms with Crippen molar-refractivity contribution >= 4 is 11.6 Å². The van der Waals surface area contributed by atoms with E-state index < -0.39 is 40.6 Å². The lowest BCUT2D eigenvalue weighted by molar-refractivity contribution is 0.0731. The van der Waals surface area contributed by atoms with Gasteiger partial charge in [-0.2, -0.15) is 14.6 Å². The average Bonchev–Trinajstić information content (AvgIpc) is 3.30. The standard InChI is InChI=1S/C20H14F3N5O3/c21-14-9-13(15(22)17(29)16(14)23)19-25-18(26-31-19)20(30)28-7-5-27(6-8-28)12-3-1-11(10-24)2-4-12/h1-4,9,29H,5-8H2. The number of benzene rings is 2. The second-order valence-corrected chi connectivity index (χ2v) is 6.74. The summed E-state index contributed by atoms with van der Waals surface area (Å²) >= 11 is 0. The lowest BCUT2D eigenvalue weighted by Gasteiger charge is -2.35. The first-order valence-electron chi connectivity index (χ1n) is 9.14. The monoisotopic (exact) mass is 429 g/mol. The Morgan fingerprint density at radius 1 is 1.10 bits per heavy atom. The first-order valence-corrected chi connectivity index (χ1v) is 9.14. The molecule has 1 aromatic heterocycles. The minimum Gasteiger partial charge on any atom is -0.503 e. The number of carbonyl (C=O) groups excluding carboxylic acids is 1. The van der Waals surface area contributed by atoms with Gasteiger partial charge in [-0.3, -0.25) is 4.79 Å². The molecular formula is C20H14F3N5O3. The van der Waals surface area contributed by atoms with Crippen molar-refractivity contribution in [3.05, 3.63) is 59.2 Å². The van der Waals surface area contributed by atoms with Gasteiger partial charge < -0.3 is 19.4 Å². The predicted molar refractivity (Wildman–Crippen MR) is 101 cm³/mol. The smallest absolute Gasteiger partial charge is 0.295 e. The summed E-state index contributed by atoms with van der Waals surface area (Å²) in [5, 5.41) is 21.7. The zero-order valence-electron chi connectivity index (χ0n) is 15.8. The highest BCUT2D eigenvalue weighted by Crippen LogP contribution is 2.31. The van der Waals surface area contributed by atoms with Gasteiger partial charge in [-0.25, -0.2) is 8.78 Å². The minimum atomic E-state index is -1.74. The minimum absolute atomic E-state index is 0.350. The quantitative estimate of drug-likeness (QED) is 0.638. The molecule has 0 spiro atoms. The SMILES string of the molecule is N#Cc1ccc(N2CCN(C(=O)c3noc(-c4cc(F)c(F)c(O)c4F)n3)CC2)cc1. The highest BCUT2D eigenvalue weighted by molar-refractivity contribution is 5.91. The summed E-state index contributed by atoms with van der Waals surface area (Å²) in [6.45, 7) is 1.74. The molecule has 0 bridgehead atoms. The molecule has 1 aliphatic rings. The van der Waals surface area contributed by atoms with E-state index in [0.717, 1.165) is 5.69 Å². The van der Waals surface area contributed by atoms with E-state index in [0.29, 0.717) is 37.8 Å². The summed E-state index contributed by atoms with van der Waals surface area (Å²) < 4.78 is 45.6. The van der Waals surface area contributed by atoms with Crippen molar-refractivity contribution in [3.8, 4) is 23.3 Å². The van der Waals surface area contributed by atoms with E-state index in [1.165, 1.54) is 4.90 Å². The van der Waals surface area contributed by atoms with Gasteiger partial charge in [-0.05, 0) is 30.3 Å². The maximum Gasteiger partial charge on any atom is 0.295 e. The van der Waals surface area contributed by atoms with Gasteiger partial charge in [-0.15, -0.1) is 0 Å². The van der Waals surface area contributed by atoms with Crippen LogP contribution in [-0.4, -0.2) is 52.2 Å². The number of phenolic OH excluding ortho intramolecular Hbond substituents is 1. The zero-order chi connectivity index (χ0) is 22.1. The van der Waals surface area contributed by atoms with Crippen LogP contribution in [0.4, 0.5) is 18.9 Å². The number of aromatic nitrogens is 2. The number of rotatable bonds is 3. The molecule has 158 valence electrons. The Labute approximate surface area is 173 Å². The number of halogens is 3. The van der Waals surface area contributed by atoms with Gasteiger partial charge in [0.05, 0.1) is 17.2 Å². The van der Waals surface area contributed by atoms with Crippen molar-refractivity contribution < 1.29 is 27.6 Å². The van der Waals surface area contributed by atoms with Crippen LogP contribution in [0.15, 0.2) is 34.9 Å². The van der Waals surface area contributed by atoms with Gasteiger partial charge in [0.2, 0.25) is 5.82 Å². The van der Waals surface area contributed by atoms with Crippen LogP contribution in [0.3, 0.4) is 0 Å². The summed E-state index contributed by atoms with van der Waals surface area (Å²) in [4.78, 5) is 20.0. The fraction of sp³-hybridized carbons (Fsp3) is 0.200. The predicted octanol–water partition coefficient (Wildman–Crippen LogP) is 2.69.